The summed E-state index contributed by atoms with van der Waals surface area (Å²) >= 11 is 0. The first-order chi connectivity index (χ1) is 15.7. The summed E-state index contributed by atoms with van der Waals surface area (Å²) < 4.78 is 55.3. The molecular weight excluding hydrogens is 439 g/mol. The number of hydrogen-bond acceptors (Lipinski definition) is 6. The van der Waals surface area contributed by atoms with Crippen molar-refractivity contribution >= 4 is 16.9 Å². The highest BCUT2D eigenvalue weighted by atomic mass is 19.4. The molecule has 2 heterocycles. The van der Waals surface area contributed by atoms with Crippen LogP contribution in [0.2, 0.25) is 0 Å². The first-order valence-electron chi connectivity index (χ1n) is 10.0. The van der Waals surface area contributed by atoms with E-state index < -0.39 is 12.3 Å². The molecule has 2 aromatic heterocycles. The summed E-state index contributed by atoms with van der Waals surface area (Å²) in [6.45, 7) is 2.67. The number of carbonyl (C=O) groups excluding carboxylic acids is 1. The van der Waals surface area contributed by atoms with Crippen LogP contribution in [0.1, 0.15) is 12.5 Å². The first kappa shape index (κ1) is 22.4. The summed E-state index contributed by atoms with van der Waals surface area (Å²) in [7, 11) is 1.33. The van der Waals surface area contributed by atoms with Gasteiger partial charge >= 0.3 is 12.1 Å². The van der Waals surface area contributed by atoms with Gasteiger partial charge in [0.1, 0.15) is 12.3 Å². The Labute approximate surface area is 186 Å². The summed E-state index contributed by atoms with van der Waals surface area (Å²) in [5.74, 6) is 0.316. The van der Waals surface area contributed by atoms with Gasteiger partial charge in [0.2, 0.25) is 5.82 Å². The second kappa shape index (κ2) is 8.61. The maximum atomic E-state index is 12.8. The van der Waals surface area contributed by atoms with Gasteiger partial charge in [-0.25, -0.2) is 0 Å². The minimum Gasteiger partial charge on any atom is -0.481 e. The monoisotopic (exact) mass is 459 g/mol. The number of halogens is 3. The van der Waals surface area contributed by atoms with Gasteiger partial charge in [-0.3, -0.25) is 4.79 Å². The number of nitrogens with zero attached hydrogens (tertiary/aromatic N) is 3. The van der Waals surface area contributed by atoms with Crippen molar-refractivity contribution < 1.29 is 32.0 Å². The van der Waals surface area contributed by atoms with Gasteiger partial charge in [0.25, 0.3) is 5.89 Å². The van der Waals surface area contributed by atoms with Gasteiger partial charge in [0, 0.05) is 28.2 Å². The Morgan fingerprint density at radius 1 is 1.21 bits per heavy atom. The van der Waals surface area contributed by atoms with Crippen molar-refractivity contribution in [2.24, 2.45) is 0 Å². The molecule has 0 aliphatic carbocycles. The van der Waals surface area contributed by atoms with Crippen molar-refractivity contribution in [1.29, 1.82) is 0 Å². The zero-order valence-electron chi connectivity index (χ0n) is 18.0. The lowest BCUT2D eigenvalue weighted by atomic mass is 10.1. The van der Waals surface area contributed by atoms with Crippen LogP contribution in [-0.2, 0) is 16.1 Å². The van der Waals surface area contributed by atoms with Crippen LogP contribution in [0.25, 0.3) is 33.7 Å². The molecule has 33 heavy (non-hydrogen) atoms. The average molecular weight is 459 g/mol. The van der Waals surface area contributed by atoms with E-state index in [2.05, 4.69) is 10.1 Å². The summed E-state index contributed by atoms with van der Waals surface area (Å²) in [6.07, 6.45) is -4.61. The second-order valence-corrected chi connectivity index (χ2v) is 7.46. The number of carbonyl (C=O) groups is 1. The van der Waals surface area contributed by atoms with E-state index in [0.29, 0.717) is 22.5 Å². The number of benzene rings is 2. The third kappa shape index (κ3) is 4.55. The van der Waals surface area contributed by atoms with E-state index in [-0.39, 0.29) is 24.2 Å². The molecule has 0 fully saturated rings. The summed E-state index contributed by atoms with van der Waals surface area (Å²) in [6, 6.07) is 12.0. The van der Waals surface area contributed by atoms with Crippen molar-refractivity contribution in [3.05, 3.63) is 54.2 Å². The van der Waals surface area contributed by atoms with Crippen LogP contribution in [0.5, 0.6) is 5.75 Å². The Balaban J connectivity index is 1.62. The van der Waals surface area contributed by atoms with Crippen LogP contribution >= 0.6 is 0 Å². The fourth-order valence-electron chi connectivity index (χ4n) is 3.38. The van der Waals surface area contributed by atoms with Gasteiger partial charge < -0.3 is 18.6 Å². The van der Waals surface area contributed by atoms with Gasteiger partial charge in [0.05, 0.1) is 7.11 Å². The van der Waals surface area contributed by atoms with Gasteiger partial charge in [-0.2, -0.15) is 18.2 Å². The highest BCUT2D eigenvalue weighted by Gasteiger charge is 2.38. The van der Waals surface area contributed by atoms with Crippen molar-refractivity contribution in [2.45, 2.75) is 32.7 Å². The Hall–Kier alpha value is -3.82. The fourth-order valence-corrected chi connectivity index (χ4v) is 3.38. The molecule has 172 valence electrons. The molecule has 0 aliphatic rings. The molecule has 1 atom stereocenters. The molecule has 0 bridgehead atoms. The predicted octanol–water partition coefficient (Wildman–Crippen LogP) is 5.17. The average Bonchev–Trinajstić information content (AvgIpc) is 3.42. The van der Waals surface area contributed by atoms with Gasteiger partial charge in [-0.15, -0.1) is 0 Å². The molecule has 0 saturated heterocycles. The highest BCUT2D eigenvalue weighted by molar-refractivity contribution is 5.94. The number of alkyl halides is 3. The molecule has 0 amide bonds. The van der Waals surface area contributed by atoms with Gasteiger partial charge in [0.15, 0.2) is 6.10 Å². The predicted molar refractivity (Wildman–Crippen MR) is 114 cm³/mol. The third-order valence-corrected chi connectivity index (χ3v) is 5.19. The minimum absolute atomic E-state index is 0.0710. The molecule has 0 unspecified atom stereocenters. The van der Waals surface area contributed by atoms with Crippen LogP contribution in [0.4, 0.5) is 13.2 Å². The van der Waals surface area contributed by atoms with Crippen LogP contribution in [-0.4, -0.2) is 40.1 Å². The lowest BCUT2D eigenvalue weighted by Gasteiger charge is -2.19. The number of ether oxygens (including phenoxy) is 2. The van der Waals surface area contributed by atoms with E-state index in [0.717, 1.165) is 17.8 Å². The largest absolute Gasteiger partial charge is 0.481 e. The molecule has 7 nitrogen and oxygen atoms in total. The van der Waals surface area contributed by atoms with E-state index in [1.54, 1.807) is 29.8 Å². The third-order valence-electron chi connectivity index (χ3n) is 5.19. The number of esters is 1. The maximum absolute atomic E-state index is 12.8. The quantitative estimate of drug-likeness (QED) is 0.370. The van der Waals surface area contributed by atoms with Crippen LogP contribution in [0.3, 0.4) is 0 Å². The molecule has 4 aromatic rings. The van der Waals surface area contributed by atoms with Crippen molar-refractivity contribution in [2.75, 3.05) is 7.11 Å². The van der Waals surface area contributed by atoms with E-state index >= 15 is 0 Å². The molecule has 10 heteroatoms. The molecular formula is C23H20F3N3O4. The SMILES string of the molecule is COC(=O)Cn1ccc2c(-c3noc(-c4ccc(O[C@@H](C)C(F)(F)F)c(C)c4)n3)cccc21. The highest BCUT2D eigenvalue weighted by Crippen LogP contribution is 2.32. The lowest BCUT2D eigenvalue weighted by Crippen LogP contribution is -2.31. The standard InChI is InChI=1S/C23H20F3N3O4/c1-13-11-15(7-8-19(13)32-14(2)23(24,25)26)22-27-21(28-33-22)17-5-4-6-18-16(17)9-10-29(18)12-20(30)31-3/h4-11,14H,12H2,1-3H3/t14-/m0/s1. The molecule has 2 aromatic carbocycles. The Morgan fingerprint density at radius 2 is 2.00 bits per heavy atom. The normalized spacial score (nSPS) is 12.7. The van der Waals surface area contributed by atoms with Gasteiger partial charge in [-0.05, 0) is 49.7 Å². The van der Waals surface area contributed by atoms with Crippen LogP contribution in [0.15, 0.2) is 53.2 Å². The first-order valence-corrected chi connectivity index (χ1v) is 10.0. The summed E-state index contributed by atoms with van der Waals surface area (Å²) in [5, 5.41) is 4.89. The number of methoxy groups -OCH3 is 1. The smallest absolute Gasteiger partial charge is 0.425 e. The van der Waals surface area contributed by atoms with Gasteiger partial charge in [-0.1, -0.05) is 17.3 Å². The number of fused-ring (bicyclic) bond motifs is 1. The van der Waals surface area contributed by atoms with Crippen molar-refractivity contribution in [3.63, 3.8) is 0 Å². The summed E-state index contributed by atoms with van der Waals surface area (Å²) in [5.41, 5.74) is 2.57. The second-order valence-electron chi connectivity index (χ2n) is 7.46. The van der Waals surface area contributed by atoms with Crippen LogP contribution < -0.4 is 4.74 Å². The number of rotatable bonds is 6. The van der Waals surface area contributed by atoms with Crippen LogP contribution in [0, 0.1) is 6.92 Å². The van der Waals surface area contributed by atoms with Crippen molar-refractivity contribution in [1.82, 2.24) is 14.7 Å². The van der Waals surface area contributed by atoms with E-state index in [9.17, 15) is 18.0 Å². The zero-order valence-corrected chi connectivity index (χ0v) is 18.0. The molecule has 0 spiro atoms. The zero-order chi connectivity index (χ0) is 23.8. The number of aromatic nitrogens is 3. The lowest BCUT2D eigenvalue weighted by molar-refractivity contribution is -0.189. The minimum atomic E-state index is -4.46. The molecule has 4 rings (SSSR count). The fraction of sp³-hybridized carbons (Fsp3) is 0.261. The maximum Gasteiger partial charge on any atom is 0.425 e. The molecule has 0 aliphatic heterocycles. The van der Waals surface area contributed by atoms with E-state index in [1.807, 2.05) is 24.3 Å². The number of aryl methyl sites for hydroxylation is 1. The Bertz CT molecular complexity index is 1310. The van der Waals surface area contributed by atoms with Crippen molar-refractivity contribution in [3.8, 4) is 28.6 Å². The topological polar surface area (TPSA) is 79.4 Å². The molecule has 0 radical (unpaired) electrons. The molecule has 0 N–H and O–H groups in total. The number of hydrogen-bond donors (Lipinski definition) is 0. The summed E-state index contributed by atoms with van der Waals surface area (Å²) in [4.78, 5) is 16.1. The Morgan fingerprint density at radius 3 is 2.70 bits per heavy atom. The van der Waals surface area contributed by atoms with E-state index in [4.69, 9.17) is 14.0 Å². The van der Waals surface area contributed by atoms with E-state index in [1.165, 1.54) is 13.2 Å². The Kier molecular flexibility index (Phi) is 5.84. The molecule has 0 saturated carbocycles.